The Hall–Kier alpha value is 0.390. The molecule has 0 aromatic heterocycles. The summed E-state index contributed by atoms with van der Waals surface area (Å²) in [4.78, 5) is 0. The number of nitrogens with zero attached hydrogens (tertiary/aromatic N) is 1. The number of hydrogen-bond acceptors (Lipinski definition) is 2. The molecule has 0 aromatic carbocycles. The summed E-state index contributed by atoms with van der Waals surface area (Å²) in [6, 6.07) is 0. The average molecular weight is 300 g/mol. The maximum absolute atomic E-state index is 11.7. The Labute approximate surface area is 102 Å². The Balaban J connectivity index is 3.81. The van der Waals surface area contributed by atoms with Gasteiger partial charge < -0.3 is 0 Å². The minimum absolute atomic E-state index is 0.290. The summed E-state index contributed by atoms with van der Waals surface area (Å²) in [5, 5.41) is 0.999. The Morgan fingerprint density at radius 2 is 1.80 bits per heavy atom. The van der Waals surface area contributed by atoms with Gasteiger partial charge in [0.05, 0.1) is 5.75 Å². The highest BCUT2D eigenvalue weighted by atomic mass is 79.9. The van der Waals surface area contributed by atoms with Crippen LogP contribution >= 0.6 is 15.9 Å². The maximum atomic E-state index is 11.7. The summed E-state index contributed by atoms with van der Waals surface area (Å²) < 4.78 is 24.8. The van der Waals surface area contributed by atoms with Gasteiger partial charge in [0.2, 0.25) is 10.0 Å². The van der Waals surface area contributed by atoms with E-state index in [9.17, 15) is 8.42 Å². The van der Waals surface area contributed by atoms with Crippen molar-refractivity contribution in [1.82, 2.24) is 4.31 Å². The van der Waals surface area contributed by atoms with Crippen LogP contribution in [-0.4, -0.2) is 37.4 Å². The van der Waals surface area contributed by atoms with Crippen LogP contribution in [0.1, 0.15) is 39.0 Å². The summed E-state index contributed by atoms with van der Waals surface area (Å²) in [6.45, 7) is 2.66. The van der Waals surface area contributed by atoms with E-state index in [4.69, 9.17) is 0 Å². The Morgan fingerprint density at radius 3 is 2.33 bits per heavy atom. The summed E-state index contributed by atoms with van der Waals surface area (Å²) in [5.74, 6) is 0.290. The summed E-state index contributed by atoms with van der Waals surface area (Å²) >= 11 is 3.36. The smallest absolute Gasteiger partial charge is 0.212 e. The normalized spacial score (nSPS) is 12.3. The first-order valence-electron chi connectivity index (χ1n) is 5.54. The third-order valence-electron chi connectivity index (χ3n) is 2.34. The molecule has 0 saturated heterocycles. The van der Waals surface area contributed by atoms with Gasteiger partial charge in [0.1, 0.15) is 0 Å². The van der Waals surface area contributed by atoms with E-state index < -0.39 is 10.0 Å². The van der Waals surface area contributed by atoms with Crippen LogP contribution in [-0.2, 0) is 10.0 Å². The summed E-state index contributed by atoms with van der Waals surface area (Å²) in [5.41, 5.74) is 0. The highest BCUT2D eigenvalue weighted by molar-refractivity contribution is 9.09. The summed E-state index contributed by atoms with van der Waals surface area (Å²) in [7, 11) is -1.31. The topological polar surface area (TPSA) is 37.4 Å². The molecule has 0 heterocycles. The zero-order chi connectivity index (χ0) is 11.7. The van der Waals surface area contributed by atoms with Gasteiger partial charge in [-0.15, -0.1) is 0 Å². The van der Waals surface area contributed by atoms with Crippen molar-refractivity contribution in [1.29, 1.82) is 0 Å². The van der Waals surface area contributed by atoms with E-state index in [1.165, 1.54) is 4.31 Å². The minimum atomic E-state index is -2.99. The molecule has 92 valence electrons. The third kappa shape index (κ3) is 7.30. The predicted molar refractivity (Wildman–Crippen MR) is 69.0 cm³/mol. The first-order valence-corrected chi connectivity index (χ1v) is 8.27. The van der Waals surface area contributed by atoms with Crippen molar-refractivity contribution >= 4 is 26.0 Å². The van der Waals surface area contributed by atoms with Crippen molar-refractivity contribution in [2.75, 3.05) is 24.7 Å². The monoisotopic (exact) mass is 299 g/mol. The molecular weight excluding hydrogens is 278 g/mol. The Bertz CT molecular complexity index is 242. The van der Waals surface area contributed by atoms with Crippen molar-refractivity contribution in [3.8, 4) is 0 Å². The van der Waals surface area contributed by atoms with Gasteiger partial charge in [0.25, 0.3) is 0 Å². The number of alkyl halides is 1. The fourth-order valence-corrected chi connectivity index (χ4v) is 3.00. The van der Waals surface area contributed by atoms with Crippen LogP contribution in [0, 0.1) is 0 Å². The van der Waals surface area contributed by atoms with Crippen LogP contribution in [0.3, 0.4) is 0 Å². The van der Waals surface area contributed by atoms with Crippen LogP contribution in [0.25, 0.3) is 0 Å². The van der Waals surface area contributed by atoms with E-state index in [0.29, 0.717) is 12.3 Å². The molecule has 0 aliphatic rings. The van der Waals surface area contributed by atoms with Crippen LogP contribution in [0.4, 0.5) is 0 Å². The zero-order valence-electron chi connectivity index (χ0n) is 9.71. The SMILES string of the molecule is CCCCS(=O)(=O)N(C)CCCCCBr. The maximum Gasteiger partial charge on any atom is 0.213 e. The molecule has 15 heavy (non-hydrogen) atoms. The van der Waals surface area contributed by atoms with Gasteiger partial charge in [0.15, 0.2) is 0 Å². The molecule has 0 aliphatic heterocycles. The first kappa shape index (κ1) is 15.4. The second kappa shape index (κ2) is 8.53. The van der Waals surface area contributed by atoms with Gasteiger partial charge in [-0.05, 0) is 19.3 Å². The largest absolute Gasteiger partial charge is 0.213 e. The molecule has 0 bridgehead atoms. The number of rotatable bonds is 9. The van der Waals surface area contributed by atoms with Crippen molar-refractivity contribution in [3.05, 3.63) is 0 Å². The molecule has 0 aliphatic carbocycles. The van der Waals surface area contributed by atoms with Gasteiger partial charge in [-0.3, -0.25) is 0 Å². The summed E-state index contributed by atoms with van der Waals surface area (Å²) in [6.07, 6.45) is 4.83. The molecule has 0 radical (unpaired) electrons. The van der Waals surface area contributed by atoms with Crippen molar-refractivity contribution in [2.45, 2.75) is 39.0 Å². The van der Waals surface area contributed by atoms with Crippen LogP contribution < -0.4 is 0 Å². The molecule has 0 saturated carbocycles. The fraction of sp³-hybridized carbons (Fsp3) is 1.00. The van der Waals surface area contributed by atoms with Crippen molar-refractivity contribution < 1.29 is 8.42 Å². The van der Waals surface area contributed by atoms with Gasteiger partial charge >= 0.3 is 0 Å². The lowest BCUT2D eigenvalue weighted by atomic mass is 10.2. The predicted octanol–water partition coefficient (Wildman–Crippen LogP) is 2.61. The third-order valence-corrected chi connectivity index (χ3v) is 4.83. The van der Waals surface area contributed by atoms with E-state index >= 15 is 0 Å². The van der Waals surface area contributed by atoms with Gasteiger partial charge in [0, 0.05) is 18.9 Å². The van der Waals surface area contributed by atoms with E-state index in [-0.39, 0.29) is 0 Å². The molecule has 0 unspecified atom stereocenters. The van der Waals surface area contributed by atoms with Crippen LogP contribution in [0.15, 0.2) is 0 Å². The molecule has 5 heteroatoms. The van der Waals surface area contributed by atoms with Crippen LogP contribution in [0.5, 0.6) is 0 Å². The lowest BCUT2D eigenvalue weighted by Crippen LogP contribution is -2.30. The van der Waals surface area contributed by atoms with Gasteiger partial charge in [-0.1, -0.05) is 35.7 Å². The quantitative estimate of drug-likeness (QED) is 0.485. The Morgan fingerprint density at radius 1 is 1.13 bits per heavy atom. The van der Waals surface area contributed by atoms with E-state index in [2.05, 4.69) is 15.9 Å². The van der Waals surface area contributed by atoms with Gasteiger partial charge in [-0.2, -0.15) is 0 Å². The standard InChI is InChI=1S/C10H22BrNO2S/c1-3-4-10-15(13,14)12(2)9-7-5-6-8-11/h3-10H2,1-2H3. The van der Waals surface area contributed by atoms with Crippen LogP contribution in [0.2, 0.25) is 0 Å². The zero-order valence-corrected chi connectivity index (χ0v) is 12.1. The molecular formula is C10H22BrNO2S. The molecule has 0 fully saturated rings. The van der Waals surface area contributed by atoms with Gasteiger partial charge in [-0.25, -0.2) is 12.7 Å². The fourth-order valence-electron chi connectivity index (χ4n) is 1.23. The first-order chi connectivity index (χ1) is 7.04. The molecule has 0 atom stereocenters. The second-order valence-corrected chi connectivity index (χ2v) is 6.73. The molecule has 0 aromatic rings. The van der Waals surface area contributed by atoms with E-state index in [0.717, 1.165) is 37.4 Å². The molecule has 0 rings (SSSR count). The average Bonchev–Trinajstić information content (AvgIpc) is 2.21. The molecule has 0 amide bonds. The highest BCUT2D eigenvalue weighted by Crippen LogP contribution is 2.06. The number of unbranched alkanes of at least 4 members (excludes halogenated alkanes) is 3. The van der Waals surface area contributed by atoms with E-state index in [1.54, 1.807) is 7.05 Å². The Kier molecular flexibility index (Phi) is 8.75. The molecule has 0 N–H and O–H groups in total. The molecule has 0 spiro atoms. The van der Waals surface area contributed by atoms with Crippen molar-refractivity contribution in [2.24, 2.45) is 0 Å². The van der Waals surface area contributed by atoms with E-state index in [1.807, 2.05) is 6.92 Å². The number of halogens is 1. The second-order valence-electron chi connectivity index (χ2n) is 3.74. The lowest BCUT2D eigenvalue weighted by molar-refractivity contribution is 0.453. The van der Waals surface area contributed by atoms with Crippen molar-refractivity contribution in [3.63, 3.8) is 0 Å². The molecule has 3 nitrogen and oxygen atoms in total. The highest BCUT2D eigenvalue weighted by Gasteiger charge is 2.15. The lowest BCUT2D eigenvalue weighted by Gasteiger charge is -2.16. The number of hydrogen-bond donors (Lipinski definition) is 0. The minimum Gasteiger partial charge on any atom is -0.212 e. The number of sulfonamides is 1.